The Morgan fingerprint density at radius 3 is 2.77 bits per heavy atom. The molecule has 1 atom stereocenters. The lowest BCUT2D eigenvalue weighted by atomic mass is 10.0. The van der Waals surface area contributed by atoms with Crippen LogP contribution in [-0.2, 0) is 4.74 Å². The van der Waals surface area contributed by atoms with Gasteiger partial charge in [0.1, 0.15) is 0 Å². The predicted molar refractivity (Wildman–Crippen MR) is 88.5 cm³/mol. The topological polar surface area (TPSA) is 53.6 Å². The zero-order chi connectivity index (χ0) is 15.4. The third-order valence-electron chi connectivity index (χ3n) is 4.52. The number of urea groups is 1. The molecule has 2 amide bonds. The van der Waals surface area contributed by atoms with E-state index >= 15 is 0 Å². The number of anilines is 2. The highest BCUT2D eigenvalue weighted by Gasteiger charge is 2.30. The van der Waals surface area contributed by atoms with Gasteiger partial charge in [0.05, 0.1) is 17.0 Å². The molecule has 0 aromatic heterocycles. The average Bonchev–Trinajstić information content (AvgIpc) is 3.18. The van der Waals surface area contributed by atoms with Gasteiger partial charge >= 0.3 is 6.03 Å². The van der Waals surface area contributed by atoms with E-state index in [-0.39, 0.29) is 11.6 Å². The number of carbonyl (C=O) groups excluding carboxylic acids is 1. The molecule has 22 heavy (non-hydrogen) atoms. The highest BCUT2D eigenvalue weighted by atomic mass is 16.5. The summed E-state index contributed by atoms with van der Waals surface area (Å²) in [6.45, 7) is 5.51. The maximum absolute atomic E-state index is 12.2. The third-order valence-corrected chi connectivity index (χ3v) is 4.52. The van der Waals surface area contributed by atoms with Gasteiger partial charge in [-0.1, -0.05) is 12.1 Å². The highest BCUT2D eigenvalue weighted by molar-refractivity contribution is 5.93. The molecule has 0 saturated carbocycles. The van der Waals surface area contributed by atoms with Crippen LogP contribution in [0.25, 0.3) is 0 Å². The monoisotopic (exact) mass is 303 g/mol. The van der Waals surface area contributed by atoms with Crippen LogP contribution in [0.4, 0.5) is 16.2 Å². The molecule has 2 fully saturated rings. The van der Waals surface area contributed by atoms with Crippen LogP contribution in [-0.4, -0.2) is 37.9 Å². The van der Waals surface area contributed by atoms with Crippen LogP contribution in [0.5, 0.6) is 0 Å². The quantitative estimate of drug-likeness (QED) is 0.899. The fraction of sp³-hybridized carbons (Fsp3) is 0.588. The molecule has 0 radical (unpaired) electrons. The number of amides is 2. The van der Waals surface area contributed by atoms with Crippen molar-refractivity contribution in [1.82, 2.24) is 5.32 Å². The first-order chi connectivity index (χ1) is 10.7. The molecule has 5 nitrogen and oxygen atoms in total. The molecule has 3 rings (SSSR count). The van der Waals surface area contributed by atoms with Gasteiger partial charge < -0.3 is 20.3 Å². The van der Waals surface area contributed by atoms with E-state index in [1.807, 2.05) is 18.2 Å². The summed E-state index contributed by atoms with van der Waals surface area (Å²) >= 11 is 0. The molecule has 0 aliphatic carbocycles. The van der Waals surface area contributed by atoms with Gasteiger partial charge in [0.15, 0.2) is 0 Å². The van der Waals surface area contributed by atoms with Gasteiger partial charge in [-0.05, 0) is 44.7 Å². The zero-order valence-electron chi connectivity index (χ0n) is 13.2. The minimum Gasteiger partial charge on any atom is -0.373 e. The second-order valence-electron chi connectivity index (χ2n) is 6.42. The Kier molecular flexibility index (Phi) is 4.52. The predicted octanol–water partition coefficient (Wildman–Crippen LogP) is 2.98. The van der Waals surface area contributed by atoms with Crippen LogP contribution < -0.4 is 15.5 Å². The lowest BCUT2D eigenvalue weighted by Crippen LogP contribution is -2.42. The van der Waals surface area contributed by atoms with Crippen molar-refractivity contribution < 1.29 is 9.53 Å². The maximum Gasteiger partial charge on any atom is 0.319 e. The summed E-state index contributed by atoms with van der Waals surface area (Å²) in [5.41, 5.74) is 1.77. The van der Waals surface area contributed by atoms with Crippen LogP contribution in [0.15, 0.2) is 24.3 Å². The van der Waals surface area contributed by atoms with Crippen LogP contribution >= 0.6 is 0 Å². The van der Waals surface area contributed by atoms with Crippen molar-refractivity contribution in [2.45, 2.75) is 38.2 Å². The van der Waals surface area contributed by atoms with Gasteiger partial charge in [0.25, 0.3) is 0 Å². The van der Waals surface area contributed by atoms with Gasteiger partial charge in [0.2, 0.25) is 0 Å². The normalized spacial score (nSPS) is 24.5. The smallest absolute Gasteiger partial charge is 0.319 e. The average molecular weight is 303 g/mol. The van der Waals surface area contributed by atoms with Crippen LogP contribution in [0.1, 0.15) is 32.6 Å². The number of para-hydroxylation sites is 2. The molecule has 2 saturated heterocycles. The fourth-order valence-corrected chi connectivity index (χ4v) is 3.22. The Morgan fingerprint density at radius 1 is 1.27 bits per heavy atom. The first kappa shape index (κ1) is 15.2. The Morgan fingerprint density at radius 2 is 2.05 bits per heavy atom. The molecule has 5 heteroatoms. The van der Waals surface area contributed by atoms with Crippen molar-refractivity contribution in [3.63, 3.8) is 0 Å². The Labute approximate surface area is 132 Å². The number of ether oxygens (including phenoxy) is 1. The number of nitrogens with one attached hydrogen (secondary N) is 2. The first-order valence-corrected chi connectivity index (χ1v) is 8.19. The largest absolute Gasteiger partial charge is 0.373 e. The summed E-state index contributed by atoms with van der Waals surface area (Å²) in [4.78, 5) is 14.5. The minimum atomic E-state index is -0.216. The lowest BCUT2D eigenvalue weighted by molar-refractivity contribution is 0.0232. The van der Waals surface area contributed by atoms with Crippen molar-refractivity contribution in [2.24, 2.45) is 0 Å². The van der Waals surface area contributed by atoms with Crippen LogP contribution in [0.3, 0.4) is 0 Å². The third kappa shape index (κ3) is 3.53. The molecule has 0 bridgehead atoms. The Balaban J connectivity index is 1.59. The summed E-state index contributed by atoms with van der Waals surface area (Å²) in [5, 5.41) is 5.92. The van der Waals surface area contributed by atoms with E-state index in [2.05, 4.69) is 28.5 Å². The zero-order valence-corrected chi connectivity index (χ0v) is 13.2. The second kappa shape index (κ2) is 6.57. The van der Waals surface area contributed by atoms with E-state index < -0.39 is 0 Å². The standard InChI is InChI=1S/C17H25N3O2/c1-17(9-6-12-22-17)13-18-16(21)19-14-7-2-3-8-15(14)20-10-4-5-11-20/h2-3,7-8H,4-6,9-13H2,1H3,(H2,18,19,21). The van der Waals surface area contributed by atoms with E-state index in [4.69, 9.17) is 4.74 Å². The number of carbonyl (C=O) groups is 1. The van der Waals surface area contributed by atoms with Crippen LogP contribution in [0, 0.1) is 0 Å². The summed E-state index contributed by atoms with van der Waals surface area (Å²) in [5.74, 6) is 0. The Bertz CT molecular complexity index is 520. The van der Waals surface area contributed by atoms with Crippen LogP contribution in [0.2, 0.25) is 0 Å². The minimum absolute atomic E-state index is 0.164. The fourth-order valence-electron chi connectivity index (χ4n) is 3.22. The number of hydrogen-bond donors (Lipinski definition) is 2. The number of nitrogens with zero attached hydrogens (tertiary/aromatic N) is 1. The van der Waals surface area contributed by atoms with Gasteiger partial charge in [0, 0.05) is 26.2 Å². The summed E-state index contributed by atoms with van der Waals surface area (Å²) in [6, 6.07) is 7.84. The number of benzene rings is 1. The molecule has 2 aliphatic heterocycles. The molecule has 1 aromatic rings. The van der Waals surface area contributed by atoms with Crippen molar-refractivity contribution in [1.29, 1.82) is 0 Å². The molecule has 120 valence electrons. The van der Waals surface area contributed by atoms with Gasteiger partial charge in [-0.3, -0.25) is 0 Å². The SMILES string of the molecule is CC1(CNC(=O)Nc2ccccc2N2CCCC2)CCCO1. The van der Waals surface area contributed by atoms with Gasteiger partial charge in [-0.2, -0.15) is 0 Å². The molecule has 0 spiro atoms. The maximum atomic E-state index is 12.2. The molecule has 1 aromatic carbocycles. The van der Waals surface area contributed by atoms with Crippen molar-refractivity contribution in [2.75, 3.05) is 36.5 Å². The van der Waals surface area contributed by atoms with Crippen molar-refractivity contribution in [3.8, 4) is 0 Å². The van der Waals surface area contributed by atoms with E-state index in [9.17, 15) is 4.79 Å². The second-order valence-corrected chi connectivity index (χ2v) is 6.42. The molecular weight excluding hydrogens is 278 g/mol. The van der Waals surface area contributed by atoms with Gasteiger partial charge in [-0.25, -0.2) is 4.79 Å². The Hall–Kier alpha value is -1.75. The summed E-state index contributed by atoms with van der Waals surface area (Å²) in [7, 11) is 0. The molecule has 2 aliphatic rings. The summed E-state index contributed by atoms with van der Waals surface area (Å²) < 4.78 is 5.70. The highest BCUT2D eigenvalue weighted by Crippen LogP contribution is 2.28. The van der Waals surface area contributed by atoms with E-state index in [0.29, 0.717) is 6.54 Å². The number of rotatable bonds is 4. The molecular formula is C17H25N3O2. The molecule has 2 heterocycles. The van der Waals surface area contributed by atoms with Crippen molar-refractivity contribution in [3.05, 3.63) is 24.3 Å². The van der Waals surface area contributed by atoms with E-state index in [0.717, 1.165) is 43.9 Å². The van der Waals surface area contributed by atoms with E-state index in [1.54, 1.807) is 0 Å². The van der Waals surface area contributed by atoms with Gasteiger partial charge in [-0.15, -0.1) is 0 Å². The van der Waals surface area contributed by atoms with Crippen molar-refractivity contribution >= 4 is 17.4 Å². The lowest BCUT2D eigenvalue weighted by Gasteiger charge is -2.24. The van der Waals surface area contributed by atoms with E-state index in [1.165, 1.54) is 12.8 Å². The number of hydrogen-bond acceptors (Lipinski definition) is 3. The summed E-state index contributed by atoms with van der Waals surface area (Å²) in [6.07, 6.45) is 4.50. The molecule has 2 N–H and O–H groups in total. The molecule has 1 unspecified atom stereocenters. The first-order valence-electron chi connectivity index (χ1n) is 8.19.